The minimum Gasteiger partial charge on any atom is -0.0312 e. The fraction of sp³-hybridized carbons (Fsp3) is 0.312. The van der Waals surface area contributed by atoms with Crippen LogP contribution >= 0.6 is 7.81 Å². The molecule has 0 unspecified atom stereocenters. The summed E-state index contributed by atoms with van der Waals surface area (Å²) in [7, 11) is -6.51. The summed E-state index contributed by atoms with van der Waals surface area (Å²) in [5, 5.41) is 0. The summed E-state index contributed by atoms with van der Waals surface area (Å²) in [4.78, 5) is 10.6. The number of aromatic nitrogens is 1. The minimum atomic E-state index is -10.7. The Labute approximate surface area is 169 Å². The first-order chi connectivity index (χ1) is 11.7. The molecule has 156 valence electrons. The van der Waals surface area contributed by atoms with Gasteiger partial charge in [-0.3, -0.25) is 9.98 Å². The molecular formula is C16H22F6N3PRu. The summed E-state index contributed by atoms with van der Waals surface area (Å²) in [5.74, 6) is 0. The maximum Gasteiger partial charge on any atom is 1.00 e. The van der Waals surface area contributed by atoms with Crippen LogP contribution in [0.15, 0.2) is 29.4 Å². The van der Waals surface area contributed by atoms with Crippen LogP contribution in [0.1, 0.15) is 12.1 Å². The summed E-state index contributed by atoms with van der Waals surface area (Å²) < 4.78 is 59.2. The van der Waals surface area contributed by atoms with Gasteiger partial charge in [0.2, 0.25) is 0 Å². The van der Waals surface area contributed by atoms with E-state index in [0.717, 1.165) is 25.2 Å². The third kappa shape index (κ3) is 33.4. The van der Waals surface area contributed by atoms with E-state index in [1.807, 2.05) is 56.5 Å². The van der Waals surface area contributed by atoms with Crippen molar-refractivity contribution >= 4 is 14.0 Å². The first kappa shape index (κ1) is 28.6. The van der Waals surface area contributed by atoms with Crippen molar-refractivity contribution in [2.75, 3.05) is 27.2 Å². The van der Waals surface area contributed by atoms with Gasteiger partial charge in [0.15, 0.2) is 0 Å². The average Bonchev–Trinajstić information content (AvgIpc) is 3.04. The second kappa shape index (κ2) is 12.1. The molecule has 2 rings (SSSR count). The first-order valence-electron chi connectivity index (χ1n) is 7.53. The molecule has 1 heterocycles. The van der Waals surface area contributed by atoms with E-state index in [2.05, 4.69) is 29.0 Å². The SMILES string of the molecule is CN(C)CCCN=Cc1ccccn1.F[P-](F)(F)(F)(F)F.[CH]1[CH][CH][CH][CH]1.[Ru+]. The van der Waals surface area contributed by atoms with E-state index in [1.54, 1.807) is 6.20 Å². The van der Waals surface area contributed by atoms with Crippen LogP contribution in [0.4, 0.5) is 25.2 Å². The van der Waals surface area contributed by atoms with Crippen molar-refractivity contribution in [1.82, 2.24) is 9.88 Å². The Morgan fingerprint density at radius 2 is 1.44 bits per heavy atom. The van der Waals surface area contributed by atoms with Crippen LogP contribution in [0, 0.1) is 32.1 Å². The fourth-order valence-electron chi connectivity index (χ4n) is 1.41. The van der Waals surface area contributed by atoms with Crippen molar-refractivity contribution in [2.45, 2.75) is 6.42 Å². The molecule has 0 amide bonds. The zero-order valence-electron chi connectivity index (χ0n) is 14.8. The Bertz CT molecular complexity index is 500. The van der Waals surface area contributed by atoms with Crippen molar-refractivity contribution in [3.05, 3.63) is 62.2 Å². The Morgan fingerprint density at radius 3 is 1.81 bits per heavy atom. The quantitative estimate of drug-likeness (QED) is 0.166. The van der Waals surface area contributed by atoms with E-state index in [1.165, 1.54) is 0 Å². The van der Waals surface area contributed by atoms with Gasteiger partial charge in [0.05, 0.1) is 5.69 Å². The minimum absolute atomic E-state index is 0. The predicted octanol–water partition coefficient (Wildman–Crippen LogP) is 5.85. The number of hydrogen-bond donors (Lipinski definition) is 0. The van der Waals surface area contributed by atoms with Gasteiger partial charge in [0.25, 0.3) is 0 Å². The van der Waals surface area contributed by atoms with Crippen molar-refractivity contribution in [2.24, 2.45) is 4.99 Å². The maximum atomic E-state index is 9.87. The maximum absolute atomic E-state index is 10.7. The number of hydrogen-bond acceptors (Lipinski definition) is 3. The molecule has 1 fully saturated rings. The smallest absolute Gasteiger partial charge is 0.0312 e. The molecule has 0 aromatic carbocycles. The first-order valence-corrected chi connectivity index (χ1v) is 9.55. The number of rotatable bonds is 5. The number of halogens is 6. The molecule has 1 aliphatic carbocycles. The molecule has 27 heavy (non-hydrogen) atoms. The van der Waals surface area contributed by atoms with Gasteiger partial charge in [-0.15, -0.1) is 0 Å². The summed E-state index contributed by atoms with van der Waals surface area (Å²) in [5.41, 5.74) is 0.928. The Balaban J connectivity index is 0. The third-order valence-electron chi connectivity index (χ3n) is 2.36. The topological polar surface area (TPSA) is 28.5 Å². The van der Waals surface area contributed by atoms with Crippen LogP contribution in [0.5, 0.6) is 0 Å². The molecule has 0 N–H and O–H groups in total. The molecule has 1 aromatic rings. The Hall–Kier alpha value is -0.587. The van der Waals surface area contributed by atoms with Gasteiger partial charge in [-0.05, 0) is 71.3 Å². The molecular weight excluding hydrogens is 480 g/mol. The zero-order chi connectivity index (χ0) is 20.2. The van der Waals surface area contributed by atoms with Crippen molar-refractivity contribution < 1.29 is 44.7 Å². The van der Waals surface area contributed by atoms with E-state index in [0.29, 0.717) is 0 Å². The van der Waals surface area contributed by atoms with Gasteiger partial charge < -0.3 is 4.90 Å². The van der Waals surface area contributed by atoms with E-state index < -0.39 is 7.81 Å². The van der Waals surface area contributed by atoms with Gasteiger partial charge in [-0.1, -0.05) is 6.07 Å². The van der Waals surface area contributed by atoms with E-state index >= 15 is 0 Å². The molecule has 0 aliphatic heterocycles. The Morgan fingerprint density at radius 1 is 0.963 bits per heavy atom. The molecule has 3 nitrogen and oxygen atoms in total. The average molecular weight is 502 g/mol. The molecule has 1 saturated carbocycles. The Kier molecular flexibility index (Phi) is 12.8. The van der Waals surface area contributed by atoms with Crippen LogP contribution < -0.4 is 0 Å². The molecule has 1 aromatic heterocycles. The predicted molar refractivity (Wildman–Crippen MR) is 94.9 cm³/mol. The second-order valence-electron chi connectivity index (χ2n) is 5.37. The largest absolute Gasteiger partial charge is 1.00 e. The van der Waals surface area contributed by atoms with Gasteiger partial charge >= 0.3 is 52.5 Å². The summed E-state index contributed by atoms with van der Waals surface area (Å²) >= 11 is 0. The molecule has 0 saturated heterocycles. The molecule has 0 bridgehead atoms. The zero-order valence-corrected chi connectivity index (χ0v) is 17.4. The van der Waals surface area contributed by atoms with E-state index in [4.69, 9.17) is 0 Å². The monoisotopic (exact) mass is 503 g/mol. The number of pyridine rings is 1. The number of aliphatic imine (C=N–C) groups is 1. The van der Waals surface area contributed by atoms with Crippen LogP contribution in [-0.4, -0.2) is 43.3 Å². The molecule has 11 heteroatoms. The number of nitrogens with zero attached hydrogens (tertiary/aromatic N) is 3. The van der Waals surface area contributed by atoms with Crippen LogP contribution in [0.25, 0.3) is 0 Å². The molecule has 1 aliphatic rings. The molecule has 0 spiro atoms. The molecule has 6 radical (unpaired) electrons. The van der Waals surface area contributed by atoms with Crippen LogP contribution in [-0.2, 0) is 19.5 Å². The van der Waals surface area contributed by atoms with Crippen molar-refractivity contribution in [1.29, 1.82) is 0 Å². The van der Waals surface area contributed by atoms with E-state index in [9.17, 15) is 25.2 Å². The van der Waals surface area contributed by atoms with Gasteiger partial charge in [0.1, 0.15) is 0 Å². The van der Waals surface area contributed by atoms with E-state index in [-0.39, 0.29) is 19.5 Å². The van der Waals surface area contributed by atoms with Crippen LogP contribution in [0.3, 0.4) is 0 Å². The van der Waals surface area contributed by atoms with Gasteiger partial charge in [0, 0.05) is 19.0 Å². The summed E-state index contributed by atoms with van der Waals surface area (Å²) in [6.45, 7) is 1.95. The third-order valence-corrected chi connectivity index (χ3v) is 2.36. The summed E-state index contributed by atoms with van der Waals surface area (Å²) in [6, 6.07) is 5.83. The standard InChI is InChI=1S/C11H17N3.C5H5.F6P.Ru/c1-14(2)9-5-7-12-10-11-6-3-4-8-13-11;1-2-4-5-3-1;1-7(2,3,4,5)6;/h3-4,6,8,10H,5,7,9H2,1-2H3;1-5H;;/q;;-1;+1. The van der Waals surface area contributed by atoms with Crippen molar-refractivity contribution in [3.8, 4) is 0 Å². The van der Waals surface area contributed by atoms with Crippen molar-refractivity contribution in [3.63, 3.8) is 0 Å². The van der Waals surface area contributed by atoms with Gasteiger partial charge in [-0.25, -0.2) is 0 Å². The normalized spacial score (nSPS) is 16.3. The molecule has 0 atom stereocenters. The van der Waals surface area contributed by atoms with Crippen LogP contribution in [0.2, 0.25) is 0 Å². The van der Waals surface area contributed by atoms with Gasteiger partial charge in [-0.2, -0.15) is 0 Å². The second-order valence-corrected chi connectivity index (χ2v) is 7.28. The summed E-state index contributed by atoms with van der Waals surface area (Å²) in [6.07, 6.45) is 14.7. The fourth-order valence-corrected chi connectivity index (χ4v) is 1.41.